The lowest BCUT2D eigenvalue weighted by atomic mass is 9.97. The van der Waals surface area contributed by atoms with Crippen molar-refractivity contribution in [2.75, 3.05) is 11.5 Å². The first kappa shape index (κ1) is 12.2. The summed E-state index contributed by atoms with van der Waals surface area (Å²) in [6.45, 7) is 0. The average molecular weight is 260 g/mol. The van der Waals surface area contributed by atoms with Crippen molar-refractivity contribution < 1.29 is 22.0 Å². The molecule has 0 bridgehead atoms. The number of benzene rings is 1. The quantitative estimate of drug-likeness (QED) is 0.759. The molecule has 1 aliphatic heterocycles. The second-order valence-corrected chi connectivity index (χ2v) is 6.32. The van der Waals surface area contributed by atoms with Crippen LogP contribution >= 0.6 is 0 Å². The molecule has 1 atom stereocenters. The molecule has 2 rings (SSSR count). The molecule has 1 aliphatic rings. The summed E-state index contributed by atoms with van der Waals surface area (Å²) in [5.74, 6) is -3.28. The van der Waals surface area contributed by atoms with E-state index in [0.29, 0.717) is 6.07 Å². The van der Waals surface area contributed by atoms with E-state index in [2.05, 4.69) is 0 Å². The summed E-state index contributed by atoms with van der Waals surface area (Å²) >= 11 is 0. The SMILES string of the molecule is O=C(c1ccc(F)cc1F)C1CCS(=O)(=O)C1. The second kappa shape index (κ2) is 4.18. The van der Waals surface area contributed by atoms with Gasteiger partial charge in [-0.25, -0.2) is 17.2 Å². The number of halogens is 2. The first-order valence-electron chi connectivity index (χ1n) is 5.09. The molecule has 0 saturated carbocycles. The van der Waals surface area contributed by atoms with Gasteiger partial charge in [-0.1, -0.05) is 0 Å². The Bertz CT molecular complexity index is 566. The van der Waals surface area contributed by atoms with Crippen molar-refractivity contribution in [2.24, 2.45) is 5.92 Å². The van der Waals surface area contributed by atoms with Crippen LogP contribution in [0.3, 0.4) is 0 Å². The molecule has 0 N–H and O–H groups in total. The molecule has 0 spiro atoms. The fourth-order valence-electron chi connectivity index (χ4n) is 1.91. The van der Waals surface area contributed by atoms with Crippen LogP contribution < -0.4 is 0 Å². The highest BCUT2D eigenvalue weighted by Crippen LogP contribution is 2.24. The number of hydrogen-bond acceptors (Lipinski definition) is 3. The van der Waals surface area contributed by atoms with Gasteiger partial charge in [0.15, 0.2) is 15.6 Å². The zero-order chi connectivity index (χ0) is 12.6. The van der Waals surface area contributed by atoms with Crippen molar-refractivity contribution in [3.63, 3.8) is 0 Å². The van der Waals surface area contributed by atoms with Crippen LogP contribution in [-0.2, 0) is 9.84 Å². The van der Waals surface area contributed by atoms with Gasteiger partial charge in [-0.05, 0) is 18.6 Å². The first-order chi connectivity index (χ1) is 7.89. The van der Waals surface area contributed by atoms with Crippen molar-refractivity contribution >= 4 is 15.6 Å². The minimum absolute atomic E-state index is 0.0494. The molecule has 1 fully saturated rings. The molecule has 1 saturated heterocycles. The molecule has 1 aromatic carbocycles. The highest BCUT2D eigenvalue weighted by Gasteiger charge is 2.34. The van der Waals surface area contributed by atoms with Crippen LogP contribution in [0, 0.1) is 17.6 Å². The molecule has 1 heterocycles. The summed E-state index contributed by atoms with van der Waals surface area (Å²) < 4.78 is 48.4. The van der Waals surface area contributed by atoms with E-state index in [1.165, 1.54) is 0 Å². The molecule has 0 amide bonds. The predicted molar refractivity (Wildman–Crippen MR) is 57.4 cm³/mol. The van der Waals surface area contributed by atoms with Crippen LogP contribution in [0.15, 0.2) is 18.2 Å². The molecule has 0 radical (unpaired) electrons. The first-order valence-corrected chi connectivity index (χ1v) is 6.91. The number of Topliss-reactive ketones (excluding diaryl/α,β-unsaturated/α-hetero) is 1. The summed E-state index contributed by atoms with van der Waals surface area (Å²) in [6.07, 6.45) is 0.206. The van der Waals surface area contributed by atoms with E-state index in [9.17, 15) is 22.0 Å². The third-order valence-electron chi connectivity index (χ3n) is 2.80. The average Bonchev–Trinajstić information content (AvgIpc) is 2.58. The van der Waals surface area contributed by atoms with Gasteiger partial charge in [0, 0.05) is 12.0 Å². The van der Waals surface area contributed by atoms with Gasteiger partial charge in [0.2, 0.25) is 0 Å². The molecule has 17 heavy (non-hydrogen) atoms. The number of rotatable bonds is 2. The minimum Gasteiger partial charge on any atom is -0.294 e. The van der Waals surface area contributed by atoms with Gasteiger partial charge in [-0.2, -0.15) is 0 Å². The Morgan fingerprint density at radius 1 is 1.29 bits per heavy atom. The maximum atomic E-state index is 13.3. The summed E-state index contributed by atoms with van der Waals surface area (Å²) in [5.41, 5.74) is -0.242. The van der Waals surface area contributed by atoms with Crippen molar-refractivity contribution in [3.05, 3.63) is 35.4 Å². The molecular formula is C11H10F2O3S. The summed E-state index contributed by atoms with van der Waals surface area (Å²) in [5, 5.41) is 0. The van der Waals surface area contributed by atoms with E-state index in [4.69, 9.17) is 0 Å². The second-order valence-electron chi connectivity index (χ2n) is 4.09. The van der Waals surface area contributed by atoms with Crippen LogP contribution in [0.5, 0.6) is 0 Å². The molecular weight excluding hydrogens is 250 g/mol. The third-order valence-corrected chi connectivity index (χ3v) is 4.57. The van der Waals surface area contributed by atoms with Gasteiger partial charge in [0.25, 0.3) is 0 Å². The Balaban J connectivity index is 2.27. The fourth-order valence-corrected chi connectivity index (χ4v) is 3.65. The van der Waals surface area contributed by atoms with Gasteiger partial charge in [0.05, 0.1) is 17.1 Å². The zero-order valence-corrected chi connectivity index (χ0v) is 9.64. The largest absolute Gasteiger partial charge is 0.294 e. The summed E-state index contributed by atoms with van der Waals surface area (Å²) in [7, 11) is -3.19. The van der Waals surface area contributed by atoms with E-state index in [1.807, 2.05) is 0 Å². The Kier molecular flexibility index (Phi) is 2.99. The van der Waals surface area contributed by atoms with E-state index in [1.54, 1.807) is 0 Å². The highest BCUT2D eigenvalue weighted by molar-refractivity contribution is 7.91. The van der Waals surface area contributed by atoms with Crippen molar-refractivity contribution in [1.82, 2.24) is 0 Å². The molecule has 0 aromatic heterocycles. The lowest BCUT2D eigenvalue weighted by Crippen LogP contribution is -2.17. The monoisotopic (exact) mass is 260 g/mol. The fraction of sp³-hybridized carbons (Fsp3) is 0.364. The lowest BCUT2D eigenvalue weighted by molar-refractivity contribution is 0.0929. The van der Waals surface area contributed by atoms with Gasteiger partial charge in [-0.15, -0.1) is 0 Å². The molecule has 1 unspecified atom stereocenters. The van der Waals surface area contributed by atoms with Gasteiger partial charge in [0.1, 0.15) is 11.6 Å². The van der Waals surface area contributed by atoms with Crippen LogP contribution in [-0.4, -0.2) is 25.7 Å². The standard InChI is InChI=1S/C11H10F2O3S/c12-8-1-2-9(10(13)5-8)11(14)7-3-4-17(15,16)6-7/h1-2,5,7H,3-4,6H2. The Morgan fingerprint density at radius 3 is 2.53 bits per heavy atom. The molecule has 3 nitrogen and oxygen atoms in total. The zero-order valence-electron chi connectivity index (χ0n) is 8.82. The van der Waals surface area contributed by atoms with E-state index >= 15 is 0 Å². The maximum Gasteiger partial charge on any atom is 0.169 e. The lowest BCUT2D eigenvalue weighted by Gasteiger charge is -2.07. The summed E-state index contributed by atoms with van der Waals surface area (Å²) in [4.78, 5) is 11.8. The van der Waals surface area contributed by atoms with Gasteiger partial charge >= 0.3 is 0 Å². The van der Waals surface area contributed by atoms with Crippen LogP contribution in [0.1, 0.15) is 16.8 Å². The van der Waals surface area contributed by atoms with Crippen molar-refractivity contribution in [3.8, 4) is 0 Å². The number of ketones is 1. The third kappa shape index (κ3) is 2.52. The predicted octanol–water partition coefficient (Wildman–Crippen LogP) is 1.58. The van der Waals surface area contributed by atoms with Crippen molar-refractivity contribution in [2.45, 2.75) is 6.42 Å². The van der Waals surface area contributed by atoms with Gasteiger partial charge in [-0.3, -0.25) is 4.79 Å². The molecule has 92 valence electrons. The van der Waals surface area contributed by atoms with Crippen LogP contribution in [0.25, 0.3) is 0 Å². The van der Waals surface area contributed by atoms with Crippen LogP contribution in [0.2, 0.25) is 0 Å². The number of sulfone groups is 1. The highest BCUT2D eigenvalue weighted by atomic mass is 32.2. The topological polar surface area (TPSA) is 51.2 Å². The van der Waals surface area contributed by atoms with E-state index in [0.717, 1.165) is 12.1 Å². The Labute approximate surface area is 97.4 Å². The maximum absolute atomic E-state index is 13.3. The smallest absolute Gasteiger partial charge is 0.169 e. The molecule has 0 aliphatic carbocycles. The number of hydrogen-bond donors (Lipinski definition) is 0. The molecule has 1 aromatic rings. The summed E-state index contributed by atoms with van der Waals surface area (Å²) in [6, 6.07) is 2.66. The molecule has 6 heteroatoms. The van der Waals surface area contributed by atoms with E-state index < -0.39 is 33.2 Å². The van der Waals surface area contributed by atoms with Crippen LogP contribution in [0.4, 0.5) is 8.78 Å². The van der Waals surface area contributed by atoms with E-state index in [-0.39, 0.29) is 23.5 Å². The van der Waals surface area contributed by atoms with Crippen molar-refractivity contribution in [1.29, 1.82) is 0 Å². The Morgan fingerprint density at radius 2 is 2.00 bits per heavy atom. The number of carbonyl (C=O) groups excluding carboxylic acids is 1. The number of carbonyl (C=O) groups is 1. The Hall–Kier alpha value is -1.30. The minimum atomic E-state index is -3.19. The normalized spacial score (nSPS) is 22.6. The van der Waals surface area contributed by atoms with Gasteiger partial charge < -0.3 is 0 Å².